The molecule has 146 valence electrons. The van der Waals surface area contributed by atoms with Gasteiger partial charge in [-0.3, -0.25) is 10.00 Å². The molecule has 0 unspecified atom stereocenters. The minimum absolute atomic E-state index is 0.626. The van der Waals surface area contributed by atoms with Gasteiger partial charge in [-0.1, -0.05) is 61.5 Å². The Hall–Kier alpha value is -2.24. The highest BCUT2D eigenvalue weighted by Crippen LogP contribution is 2.22. The van der Waals surface area contributed by atoms with E-state index in [1.54, 1.807) is 0 Å². The summed E-state index contributed by atoms with van der Waals surface area (Å²) in [5.41, 5.74) is 3.87. The summed E-state index contributed by atoms with van der Waals surface area (Å²) < 4.78 is 2.62. The van der Waals surface area contributed by atoms with Gasteiger partial charge < -0.3 is 0 Å². The number of nitrogens with one attached hydrogen (secondary N) is 1. The lowest BCUT2D eigenvalue weighted by atomic mass is 9.90. The Morgan fingerprint density at radius 1 is 1.00 bits per heavy atom. The standard InChI is InChI=1S/C23H28N4S/c1-2-18-8-10-21(11-9-18)22-24-23(28)27(25-22)17-26-14-12-20(13-15-26)16-19-6-4-3-5-7-19/h3-11,20H,2,12-17H2,1H3,(H,24,25,28). The van der Waals surface area contributed by atoms with E-state index in [1.807, 2.05) is 4.68 Å². The number of H-pyrrole nitrogens is 1. The number of rotatable bonds is 6. The first-order chi connectivity index (χ1) is 13.7. The van der Waals surface area contributed by atoms with Gasteiger partial charge in [-0.25, -0.2) is 4.68 Å². The maximum Gasteiger partial charge on any atom is 0.217 e. The van der Waals surface area contributed by atoms with Crippen molar-refractivity contribution in [1.82, 2.24) is 19.7 Å². The number of hydrogen-bond donors (Lipinski definition) is 1. The van der Waals surface area contributed by atoms with Gasteiger partial charge >= 0.3 is 0 Å². The van der Waals surface area contributed by atoms with Crippen LogP contribution >= 0.6 is 12.2 Å². The lowest BCUT2D eigenvalue weighted by Gasteiger charge is -2.31. The van der Waals surface area contributed by atoms with Gasteiger partial charge in [0, 0.05) is 18.7 Å². The van der Waals surface area contributed by atoms with Gasteiger partial charge in [0.1, 0.15) is 0 Å². The average Bonchev–Trinajstić information content (AvgIpc) is 3.10. The molecule has 28 heavy (non-hydrogen) atoms. The highest BCUT2D eigenvalue weighted by molar-refractivity contribution is 7.71. The van der Waals surface area contributed by atoms with Crippen molar-refractivity contribution in [2.45, 2.75) is 39.3 Å². The topological polar surface area (TPSA) is 36.9 Å². The summed E-state index contributed by atoms with van der Waals surface area (Å²) in [5.74, 6) is 1.63. The molecule has 0 spiro atoms. The molecule has 0 radical (unpaired) electrons. The maximum atomic E-state index is 5.49. The monoisotopic (exact) mass is 392 g/mol. The van der Waals surface area contributed by atoms with E-state index in [1.165, 1.54) is 30.4 Å². The fraction of sp³-hybridized carbons (Fsp3) is 0.391. The highest BCUT2D eigenvalue weighted by atomic mass is 32.1. The van der Waals surface area contributed by atoms with Crippen LogP contribution < -0.4 is 0 Å². The van der Waals surface area contributed by atoms with Crippen LogP contribution in [0.2, 0.25) is 0 Å². The van der Waals surface area contributed by atoms with Gasteiger partial charge in [0.25, 0.3) is 0 Å². The van der Waals surface area contributed by atoms with Crippen molar-refractivity contribution in [3.05, 3.63) is 70.5 Å². The second-order valence-electron chi connectivity index (χ2n) is 7.73. The fourth-order valence-corrected chi connectivity index (χ4v) is 4.15. The van der Waals surface area contributed by atoms with E-state index < -0.39 is 0 Å². The number of piperidine rings is 1. The van der Waals surface area contributed by atoms with Crippen LogP contribution in [0.1, 0.15) is 30.9 Å². The highest BCUT2D eigenvalue weighted by Gasteiger charge is 2.20. The fourth-order valence-electron chi connectivity index (χ4n) is 3.96. The first-order valence-electron chi connectivity index (χ1n) is 10.2. The molecule has 1 fully saturated rings. The molecule has 3 aromatic rings. The van der Waals surface area contributed by atoms with Gasteiger partial charge in [-0.05, 0) is 54.9 Å². The first kappa shape index (κ1) is 19.1. The van der Waals surface area contributed by atoms with E-state index in [2.05, 4.69) is 76.5 Å². The van der Waals surface area contributed by atoms with Crippen molar-refractivity contribution in [3.8, 4) is 11.4 Å². The van der Waals surface area contributed by atoms with Crippen LogP contribution in [0, 0.1) is 10.7 Å². The molecule has 2 aromatic carbocycles. The van der Waals surface area contributed by atoms with Crippen LogP contribution in [0.5, 0.6) is 0 Å². The Labute approximate surface area is 172 Å². The first-order valence-corrected chi connectivity index (χ1v) is 10.6. The van der Waals surface area contributed by atoms with Crippen molar-refractivity contribution in [3.63, 3.8) is 0 Å². The molecule has 1 aromatic heterocycles. The van der Waals surface area contributed by atoms with Crippen LogP contribution in [0.25, 0.3) is 11.4 Å². The summed E-state index contributed by atoms with van der Waals surface area (Å²) >= 11 is 5.49. The van der Waals surface area contributed by atoms with Crippen LogP contribution in [0.15, 0.2) is 54.6 Å². The lowest BCUT2D eigenvalue weighted by molar-refractivity contribution is 0.140. The van der Waals surface area contributed by atoms with Crippen molar-refractivity contribution >= 4 is 12.2 Å². The molecule has 4 nitrogen and oxygen atoms in total. The van der Waals surface area contributed by atoms with Crippen LogP contribution in [0.3, 0.4) is 0 Å². The molecule has 0 saturated carbocycles. The lowest BCUT2D eigenvalue weighted by Crippen LogP contribution is -2.36. The maximum absolute atomic E-state index is 5.49. The number of aromatic nitrogens is 3. The van der Waals surface area contributed by atoms with Gasteiger partial charge in [0.2, 0.25) is 4.77 Å². The molecular formula is C23H28N4S. The summed E-state index contributed by atoms with van der Waals surface area (Å²) in [4.78, 5) is 7.04. The number of hydrogen-bond acceptors (Lipinski definition) is 3. The van der Waals surface area contributed by atoms with Gasteiger partial charge in [-0.15, -0.1) is 0 Å². The molecule has 5 heteroatoms. The van der Waals surface area contributed by atoms with E-state index in [-0.39, 0.29) is 0 Å². The molecule has 0 atom stereocenters. The average molecular weight is 393 g/mol. The number of aryl methyl sites for hydroxylation is 1. The molecule has 1 saturated heterocycles. The van der Waals surface area contributed by atoms with Crippen molar-refractivity contribution in [1.29, 1.82) is 0 Å². The van der Waals surface area contributed by atoms with Gasteiger partial charge in [0.05, 0.1) is 6.67 Å². The summed E-state index contributed by atoms with van der Waals surface area (Å²) in [6.45, 7) is 5.18. The van der Waals surface area contributed by atoms with E-state index in [0.29, 0.717) is 4.77 Å². The molecule has 0 bridgehead atoms. The molecule has 1 N–H and O–H groups in total. The second kappa shape index (κ2) is 8.84. The summed E-state index contributed by atoms with van der Waals surface area (Å²) in [6.07, 6.45) is 4.71. The van der Waals surface area contributed by atoms with Crippen LogP contribution in [-0.4, -0.2) is 32.8 Å². The summed E-state index contributed by atoms with van der Waals surface area (Å²) in [6, 6.07) is 19.4. The van der Waals surface area contributed by atoms with E-state index in [9.17, 15) is 0 Å². The number of benzene rings is 2. The minimum atomic E-state index is 0.626. The SMILES string of the molecule is CCc1ccc(-c2nc(=S)n(CN3CCC(Cc4ccccc4)CC3)[nH]2)cc1. The van der Waals surface area contributed by atoms with Crippen LogP contribution in [0.4, 0.5) is 0 Å². The zero-order valence-corrected chi connectivity index (χ0v) is 17.3. The molecule has 2 heterocycles. The number of aromatic amines is 1. The minimum Gasteiger partial charge on any atom is -0.284 e. The number of likely N-dealkylation sites (tertiary alicyclic amines) is 1. The third-order valence-corrected chi connectivity index (χ3v) is 6.04. The largest absolute Gasteiger partial charge is 0.284 e. The molecular weight excluding hydrogens is 364 g/mol. The smallest absolute Gasteiger partial charge is 0.217 e. The van der Waals surface area contributed by atoms with E-state index >= 15 is 0 Å². The van der Waals surface area contributed by atoms with Crippen LogP contribution in [-0.2, 0) is 19.5 Å². The Morgan fingerprint density at radius 2 is 1.71 bits per heavy atom. The molecule has 0 amide bonds. The third-order valence-electron chi connectivity index (χ3n) is 5.73. The second-order valence-corrected chi connectivity index (χ2v) is 8.09. The normalized spacial score (nSPS) is 15.8. The quantitative estimate of drug-likeness (QED) is 0.594. The predicted molar refractivity (Wildman–Crippen MR) is 117 cm³/mol. The van der Waals surface area contributed by atoms with Gasteiger partial charge in [0.15, 0.2) is 5.82 Å². The Kier molecular flexibility index (Phi) is 6.03. The zero-order valence-electron chi connectivity index (χ0n) is 16.5. The molecule has 0 aliphatic carbocycles. The third kappa shape index (κ3) is 4.59. The Balaban J connectivity index is 1.35. The summed E-state index contributed by atoms with van der Waals surface area (Å²) in [7, 11) is 0. The Bertz CT molecular complexity index is 935. The van der Waals surface area contributed by atoms with Crippen molar-refractivity contribution in [2.24, 2.45) is 5.92 Å². The van der Waals surface area contributed by atoms with Crippen molar-refractivity contribution < 1.29 is 0 Å². The van der Waals surface area contributed by atoms with Crippen molar-refractivity contribution in [2.75, 3.05) is 13.1 Å². The zero-order chi connectivity index (χ0) is 19.3. The van der Waals surface area contributed by atoms with E-state index in [0.717, 1.165) is 43.5 Å². The Morgan fingerprint density at radius 3 is 2.39 bits per heavy atom. The summed E-state index contributed by atoms with van der Waals surface area (Å²) in [5, 5.41) is 3.39. The van der Waals surface area contributed by atoms with Gasteiger partial charge in [-0.2, -0.15) is 4.98 Å². The molecule has 1 aliphatic heterocycles. The predicted octanol–water partition coefficient (Wildman–Crippen LogP) is 5.08. The van der Waals surface area contributed by atoms with E-state index in [4.69, 9.17) is 12.2 Å². The number of nitrogens with zero attached hydrogens (tertiary/aromatic N) is 3. The molecule has 1 aliphatic rings. The molecule has 4 rings (SSSR count).